The van der Waals surface area contributed by atoms with Crippen LogP contribution in [0, 0.1) is 19.8 Å². The zero-order valence-electron chi connectivity index (χ0n) is 22.9. The van der Waals surface area contributed by atoms with E-state index in [-0.39, 0.29) is 17.6 Å². The lowest BCUT2D eigenvalue weighted by Gasteiger charge is -2.21. The fourth-order valence-electron chi connectivity index (χ4n) is 4.68. The molecule has 0 heterocycles. The van der Waals surface area contributed by atoms with Crippen LogP contribution in [-0.2, 0) is 6.18 Å². The van der Waals surface area contributed by atoms with Gasteiger partial charge in [-0.25, -0.2) is 0 Å². The number of amides is 1. The summed E-state index contributed by atoms with van der Waals surface area (Å²) in [5.74, 6) is 1.06. The Morgan fingerprint density at radius 1 is 1.00 bits per heavy atom. The van der Waals surface area contributed by atoms with Gasteiger partial charge >= 0.3 is 6.18 Å². The summed E-state index contributed by atoms with van der Waals surface area (Å²) in [6.45, 7) is 12.3. The van der Waals surface area contributed by atoms with Crippen LogP contribution in [-0.4, -0.2) is 24.2 Å². The summed E-state index contributed by atoms with van der Waals surface area (Å²) >= 11 is 0. The third kappa shape index (κ3) is 8.37. The van der Waals surface area contributed by atoms with Gasteiger partial charge in [0.2, 0.25) is 0 Å². The zero-order valence-corrected chi connectivity index (χ0v) is 22.9. The maximum atomic E-state index is 13.0. The highest BCUT2D eigenvalue weighted by Gasteiger charge is 2.30. The lowest BCUT2D eigenvalue weighted by atomic mass is 9.90. The van der Waals surface area contributed by atoms with Gasteiger partial charge in [0.25, 0.3) is 5.91 Å². The van der Waals surface area contributed by atoms with Crippen molar-refractivity contribution in [3.63, 3.8) is 0 Å². The average molecular weight is 540 g/mol. The first kappa shape index (κ1) is 29.8. The minimum absolute atomic E-state index is 0.0294. The number of nitrogens with one attached hydrogen (secondary N) is 1. The molecule has 0 spiro atoms. The number of aliphatic hydroxyl groups excluding tert-OH is 1. The van der Waals surface area contributed by atoms with Gasteiger partial charge < -0.3 is 15.2 Å². The van der Waals surface area contributed by atoms with Gasteiger partial charge in [-0.05, 0) is 90.4 Å². The molecule has 3 aromatic carbocycles. The molecule has 3 aromatic rings. The Morgan fingerprint density at radius 2 is 1.59 bits per heavy atom. The number of carbonyl (C=O) groups is 1. The largest absolute Gasteiger partial charge is 0.513 e. The monoisotopic (exact) mass is 539 g/mol. The normalized spacial score (nSPS) is 12.3. The number of aryl methyl sites for hydroxylation is 2. The van der Waals surface area contributed by atoms with E-state index in [0.717, 1.165) is 46.4 Å². The number of hydrogen-bond donors (Lipinski definition) is 2. The summed E-state index contributed by atoms with van der Waals surface area (Å²) in [6, 6.07) is 16.5. The predicted octanol–water partition coefficient (Wildman–Crippen LogP) is 8.39. The smallest absolute Gasteiger partial charge is 0.416 e. The SMILES string of the molecule is C=C(O)CCNC(=O)c1ccc(C(COc2cc(C)c(-c3ccc(C(F)(F)F)cc3)c(C)c2)CC(C)C)cc1. The molecule has 0 saturated carbocycles. The number of carbonyl (C=O) groups excluding carboxylic acids is 1. The molecule has 1 amide bonds. The standard InChI is InChI=1S/C32H36F3NO3/c1-20(2)16-27(24-6-8-26(9-7-24)31(38)36-15-14-23(5)37)19-39-29-17-21(3)30(22(4)18-29)25-10-12-28(13-11-25)32(33,34)35/h6-13,17-18,20,27,37H,5,14-16,19H2,1-4H3,(H,36,38). The maximum Gasteiger partial charge on any atom is 0.416 e. The van der Waals surface area contributed by atoms with E-state index in [0.29, 0.717) is 36.8 Å². The molecule has 7 heteroatoms. The van der Waals surface area contributed by atoms with Gasteiger partial charge in [0.05, 0.1) is 17.9 Å². The molecule has 4 nitrogen and oxygen atoms in total. The van der Waals surface area contributed by atoms with E-state index < -0.39 is 11.7 Å². The number of benzene rings is 3. The molecule has 0 fully saturated rings. The molecule has 1 unspecified atom stereocenters. The number of aliphatic hydroxyl groups is 1. The van der Waals surface area contributed by atoms with Crippen LogP contribution in [0.1, 0.15) is 65.2 Å². The highest BCUT2D eigenvalue weighted by atomic mass is 19.4. The van der Waals surface area contributed by atoms with Crippen LogP contribution >= 0.6 is 0 Å². The van der Waals surface area contributed by atoms with E-state index >= 15 is 0 Å². The van der Waals surface area contributed by atoms with Crippen LogP contribution in [0.4, 0.5) is 13.2 Å². The quantitative estimate of drug-likeness (QED) is 0.241. The topological polar surface area (TPSA) is 58.6 Å². The first-order valence-corrected chi connectivity index (χ1v) is 13.0. The fraction of sp³-hybridized carbons (Fsp3) is 0.344. The summed E-state index contributed by atoms with van der Waals surface area (Å²) in [5.41, 5.74) is 4.41. The summed E-state index contributed by atoms with van der Waals surface area (Å²) in [5, 5.41) is 11.9. The fourth-order valence-corrected chi connectivity index (χ4v) is 4.68. The van der Waals surface area contributed by atoms with Crippen molar-refractivity contribution in [2.75, 3.05) is 13.2 Å². The van der Waals surface area contributed by atoms with E-state index in [1.54, 1.807) is 12.1 Å². The minimum atomic E-state index is -4.37. The third-order valence-electron chi connectivity index (χ3n) is 6.56. The lowest BCUT2D eigenvalue weighted by Crippen LogP contribution is -2.24. The molecule has 0 bridgehead atoms. The van der Waals surface area contributed by atoms with Crippen molar-refractivity contribution >= 4 is 5.91 Å². The van der Waals surface area contributed by atoms with Gasteiger partial charge in [0.1, 0.15) is 5.75 Å². The average Bonchev–Trinajstić information content (AvgIpc) is 2.85. The highest BCUT2D eigenvalue weighted by molar-refractivity contribution is 5.94. The van der Waals surface area contributed by atoms with Gasteiger partial charge in [-0.2, -0.15) is 13.2 Å². The Hall–Kier alpha value is -3.74. The van der Waals surface area contributed by atoms with Gasteiger partial charge in [0.15, 0.2) is 0 Å². The Kier molecular flexibility index (Phi) is 9.84. The molecular weight excluding hydrogens is 503 g/mol. The van der Waals surface area contributed by atoms with Crippen LogP contribution in [0.3, 0.4) is 0 Å². The van der Waals surface area contributed by atoms with Gasteiger partial charge in [-0.1, -0.05) is 44.7 Å². The van der Waals surface area contributed by atoms with Crippen LogP contribution < -0.4 is 10.1 Å². The van der Waals surface area contributed by atoms with Crippen molar-refractivity contribution in [2.45, 2.75) is 52.6 Å². The van der Waals surface area contributed by atoms with Crippen LogP contribution in [0.2, 0.25) is 0 Å². The van der Waals surface area contributed by atoms with E-state index in [2.05, 4.69) is 25.7 Å². The first-order valence-electron chi connectivity index (χ1n) is 13.0. The summed E-state index contributed by atoms with van der Waals surface area (Å²) in [4.78, 5) is 12.4. The maximum absolute atomic E-state index is 13.0. The zero-order chi connectivity index (χ0) is 28.7. The summed E-state index contributed by atoms with van der Waals surface area (Å²) < 4.78 is 45.1. The molecule has 1 atom stereocenters. The third-order valence-corrected chi connectivity index (χ3v) is 6.56. The van der Waals surface area contributed by atoms with Crippen molar-refractivity contribution < 1.29 is 27.8 Å². The van der Waals surface area contributed by atoms with Crippen molar-refractivity contribution in [3.05, 3.63) is 101 Å². The van der Waals surface area contributed by atoms with Crippen molar-refractivity contribution in [2.24, 2.45) is 5.92 Å². The second-order valence-corrected chi connectivity index (χ2v) is 10.3. The Labute approximate surface area is 228 Å². The van der Waals surface area contributed by atoms with Crippen molar-refractivity contribution in [1.29, 1.82) is 0 Å². The Balaban J connectivity index is 1.72. The van der Waals surface area contributed by atoms with Crippen molar-refractivity contribution in [3.8, 4) is 16.9 Å². The Morgan fingerprint density at radius 3 is 2.10 bits per heavy atom. The molecule has 3 rings (SSSR count). The number of halogens is 3. The van der Waals surface area contributed by atoms with E-state index in [1.165, 1.54) is 12.1 Å². The molecule has 0 aliphatic rings. The molecule has 208 valence electrons. The van der Waals surface area contributed by atoms with Crippen LogP contribution in [0.15, 0.2) is 73.0 Å². The molecule has 0 aliphatic heterocycles. The predicted molar refractivity (Wildman–Crippen MR) is 149 cm³/mol. The summed E-state index contributed by atoms with van der Waals surface area (Å²) in [7, 11) is 0. The first-order chi connectivity index (χ1) is 18.3. The van der Waals surface area contributed by atoms with Crippen molar-refractivity contribution in [1.82, 2.24) is 5.32 Å². The highest BCUT2D eigenvalue weighted by Crippen LogP contribution is 2.35. The number of alkyl halides is 3. The molecule has 0 aromatic heterocycles. The van der Waals surface area contributed by atoms with Gasteiger partial charge in [-0.15, -0.1) is 0 Å². The van der Waals surface area contributed by atoms with Gasteiger partial charge in [-0.3, -0.25) is 4.79 Å². The number of ether oxygens (including phenoxy) is 1. The lowest BCUT2D eigenvalue weighted by molar-refractivity contribution is -0.137. The molecule has 2 N–H and O–H groups in total. The number of rotatable bonds is 11. The van der Waals surface area contributed by atoms with E-state index in [9.17, 15) is 23.1 Å². The van der Waals surface area contributed by atoms with E-state index in [1.807, 2.05) is 38.1 Å². The number of hydrogen-bond acceptors (Lipinski definition) is 3. The van der Waals surface area contributed by atoms with Crippen LogP contribution in [0.25, 0.3) is 11.1 Å². The minimum Gasteiger partial charge on any atom is -0.513 e. The molecular formula is C32H36F3NO3. The van der Waals surface area contributed by atoms with Crippen LogP contribution in [0.5, 0.6) is 5.75 Å². The second kappa shape index (κ2) is 12.9. The van der Waals surface area contributed by atoms with E-state index in [4.69, 9.17) is 4.74 Å². The second-order valence-electron chi connectivity index (χ2n) is 10.3. The Bertz CT molecular complexity index is 1260. The molecule has 0 radical (unpaired) electrons. The molecule has 39 heavy (non-hydrogen) atoms. The summed E-state index contributed by atoms with van der Waals surface area (Å²) in [6.07, 6.45) is -3.16. The molecule has 0 aliphatic carbocycles. The molecule has 0 saturated heterocycles. The van der Waals surface area contributed by atoms with Gasteiger partial charge in [0, 0.05) is 24.4 Å².